The number of nitrogens with one attached hydrogen (secondary N) is 1. The average molecular weight is 961 g/mol. The molecule has 0 bridgehead atoms. The van der Waals surface area contributed by atoms with Crippen molar-refractivity contribution >= 4 is 11.9 Å². The Morgan fingerprint density at radius 2 is 0.676 bits per heavy atom. The Balaban J connectivity index is 3.43. The highest BCUT2D eigenvalue weighted by atomic mass is 16.5. The number of ether oxygens (including phenoxy) is 1. The van der Waals surface area contributed by atoms with Crippen molar-refractivity contribution in [2.45, 2.75) is 360 Å². The molecule has 1 amide bonds. The molecule has 0 aliphatic heterocycles. The molecule has 0 aliphatic rings. The largest absolute Gasteiger partial charge is 0.466 e. The normalized spacial score (nSPS) is 12.6. The van der Waals surface area contributed by atoms with Crippen molar-refractivity contribution < 1.29 is 24.5 Å². The molecule has 404 valence electrons. The molecule has 0 rings (SSSR count). The first-order valence-electron chi connectivity index (χ1n) is 31.0. The fourth-order valence-electron chi connectivity index (χ4n) is 9.81. The second-order valence-corrected chi connectivity index (χ2v) is 21.4. The first-order valence-corrected chi connectivity index (χ1v) is 31.0. The predicted molar refractivity (Wildman–Crippen MR) is 297 cm³/mol. The van der Waals surface area contributed by atoms with Gasteiger partial charge >= 0.3 is 5.97 Å². The van der Waals surface area contributed by atoms with Crippen molar-refractivity contribution in [3.63, 3.8) is 0 Å². The molecule has 0 fully saturated rings. The maximum Gasteiger partial charge on any atom is 0.305 e. The first kappa shape index (κ1) is 66.6. The molecular formula is C62H121NO5. The van der Waals surface area contributed by atoms with Gasteiger partial charge in [0.25, 0.3) is 0 Å². The second-order valence-electron chi connectivity index (χ2n) is 21.4. The highest BCUT2D eigenvalue weighted by molar-refractivity contribution is 5.76. The Morgan fingerprint density at radius 3 is 1.00 bits per heavy atom. The van der Waals surface area contributed by atoms with Crippen molar-refractivity contribution in [3.05, 3.63) is 12.2 Å². The molecule has 6 heteroatoms. The maximum absolute atomic E-state index is 12.5. The van der Waals surface area contributed by atoms with Crippen LogP contribution in [0.2, 0.25) is 0 Å². The number of aliphatic hydroxyl groups excluding tert-OH is 2. The van der Waals surface area contributed by atoms with E-state index in [1.165, 1.54) is 263 Å². The average Bonchev–Trinajstić information content (AvgIpc) is 3.34. The van der Waals surface area contributed by atoms with Gasteiger partial charge in [0.2, 0.25) is 5.91 Å². The summed E-state index contributed by atoms with van der Waals surface area (Å²) in [6.07, 6.45) is 69.6. The van der Waals surface area contributed by atoms with E-state index in [-0.39, 0.29) is 18.5 Å². The standard InChI is InChI=1S/C62H121NO5/c1-3-5-7-9-11-13-15-17-19-21-23-25-27-32-36-40-44-48-52-56-62(67)68-57-53-49-45-41-37-33-29-28-31-35-39-43-47-51-55-61(66)63-59(58-64)60(65)54-50-46-42-38-34-30-26-24-22-20-18-16-14-12-10-8-6-4-2/h50,54,59-60,64-65H,3-49,51-53,55-58H2,1-2H3,(H,63,66)/b54-50+. The summed E-state index contributed by atoms with van der Waals surface area (Å²) < 4.78 is 5.49. The molecule has 0 radical (unpaired) electrons. The molecule has 0 saturated heterocycles. The van der Waals surface area contributed by atoms with E-state index in [0.29, 0.717) is 19.4 Å². The molecule has 3 N–H and O–H groups in total. The topological polar surface area (TPSA) is 95.9 Å². The van der Waals surface area contributed by atoms with Gasteiger partial charge in [-0.25, -0.2) is 0 Å². The van der Waals surface area contributed by atoms with Gasteiger partial charge in [-0.2, -0.15) is 0 Å². The molecule has 0 aromatic carbocycles. The van der Waals surface area contributed by atoms with E-state index in [4.69, 9.17) is 4.74 Å². The van der Waals surface area contributed by atoms with Crippen LogP contribution in [-0.2, 0) is 14.3 Å². The Kier molecular flexibility index (Phi) is 57.0. The lowest BCUT2D eigenvalue weighted by Gasteiger charge is -2.20. The third kappa shape index (κ3) is 53.9. The van der Waals surface area contributed by atoms with E-state index < -0.39 is 12.1 Å². The number of rotatable bonds is 58. The molecule has 0 spiro atoms. The zero-order valence-electron chi connectivity index (χ0n) is 46.1. The first-order chi connectivity index (χ1) is 33.5. The lowest BCUT2D eigenvalue weighted by Crippen LogP contribution is -2.45. The van der Waals surface area contributed by atoms with Gasteiger partial charge in [-0.1, -0.05) is 315 Å². The molecule has 6 nitrogen and oxygen atoms in total. The van der Waals surface area contributed by atoms with E-state index >= 15 is 0 Å². The van der Waals surface area contributed by atoms with Crippen molar-refractivity contribution in [2.24, 2.45) is 0 Å². The van der Waals surface area contributed by atoms with Crippen LogP contribution in [0.4, 0.5) is 0 Å². The van der Waals surface area contributed by atoms with Crippen LogP contribution in [-0.4, -0.2) is 47.4 Å². The molecule has 0 saturated carbocycles. The molecule has 68 heavy (non-hydrogen) atoms. The third-order valence-corrected chi connectivity index (χ3v) is 14.6. The Hall–Kier alpha value is -1.40. The smallest absolute Gasteiger partial charge is 0.305 e. The number of unbranched alkanes of at least 4 members (excludes halogenated alkanes) is 47. The van der Waals surface area contributed by atoms with Crippen LogP contribution in [0.1, 0.15) is 348 Å². The fraction of sp³-hybridized carbons (Fsp3) is 0.935. The quantitative estimate of drug-likeness (QED) is 0.0321. The van der Waals surface area contributed by atoms with Gasteiger partial charge < -0.3 is 20.3 Å². The zero-order chi connectivity index (χ0) is 49.3. The Morgan fingerprint density at radius 1 is 0.397 bits per heavy atom. The van der Waals surface area contributed by atoms with E-state index in [2.05, 4.69) is 19.2 Å². The summed E-state index contributed by atoms with van der Waals surface area (Å²) in [5.74, 6) is -0.0727. The summed E-state index contributed by atoms with van der Waals surface area (Å²) in [5, 5.41) is 23.2. The van der Waals surface area contributed by atoms with Gasteiger partial charge in [0.05, 0.1) is 25.4 Å². The van der Waals surface area contributed by atoms with Crippen molar-refractivity contribution in [2.75, 3.05) is 13.2 Å². The van der Waals surface area contributed by atoms with Gasteiger partial charge in [-0.3, -0.25) is 9.59 Å². The van der Waals surface area contributed by atoms with Gasteiger partial charge in [0.15, 0.2) is 0 Å². The summed E-state index contributed by atoms with van der Waals surface area (Å²) in [5.41, 5.74) is 0. The van der Waals surface area contributed by atoms with Crippen molar-refractivity contribution in [1.29, 1.82) is 0 Å². The van der Waals surface area contributed by atoms with E-state index in [1.807, 2.05) is 6.08 Å². The van der Waals surface area contributed by atoms with Crippen LogP contribution in [0.3, 0.4) is 0 Å². The van der Waals surface area contributed by atoms with E-state index in [1.54, 1.807) is 6.08 Å². The van der Waals surface area contributed by atoms with E-state index in [0.717, 1.165) is 57.8 Å². The SMILES string of the molecule is CCCCCCCCCCCCCCCCCC/C=C/C(O)C(CO)NC(=O)CCCCCCCCCCCCCCCCOC(=O)CCCCCCCCCCCCCCCCCCCCC. The van der Waals surface area contributed by atoms with Crippen molar-refractivity contribution in [3.8, 4) is 0 Å². The minimum absolute atomic E-state index is 0.00224. The minimum atomic E-state index is -0.851. The number of hydrogen-bond donors (Lipinski definition) is 3. The number of carbonyl (C=O) groups excluding carboxylic acids is 2. The minimum Gasteiger partial charge on any atom is -0.466 e. The maximum atomic E-state index is 12.5. The van der Waals surface area contributed by atoms with Gasteiger partial charge in [0, 0.05) is 12.8 Å². The summed E-state index contributed by atoms with van der Waals surface area (Å²) >= 11 is 0. The lowest BCUT2D eigenvalue weighted by molar-refractivity contribution is -0.143. The number of hydrogen-bond acceptors (Lipinski definition) is 5. The number of aliphatic hydroxyl groups is 2. The highest BCUT2D eigenvalue weighted by Gasteiger charge is 2.18. The molecule has 2 atom stereocenters. The Bertz CT molecular complexity index is 1020. The monoisotopic (exact) mass is 960 g/mol. The molecular weight excluding hydrogens is 839 g/mol. The van der Waals surface area contributed by atoms with Gasteiger partial charge in [0.1, 0.15) is 0 Å². The number of allylic oxidation sites excluding steroid dienone is 1. The molecule has 2 unspecified atom stereocenters. The molecule has 0 aliphatic carbocycles. The van der Waals surface area contributed by atoms with Crippen molar-refractivity contribution in [1.82, 2.24) is 5.32 Å². The fourth-order valence-corrected chi connectivity index (χ4v) is 9.81. The number of esters is 1. The second kappa shape index (κ2) is 58.2. The van der Waals surface area contributed by atoms with Gasteiger partial charge in [-0.15, -0.1) is 0 Å². The third-order valence-electron chi connectivity index (χ3n) is 14.6. The molecule has 0 aromatic rings. The Labute approximate surface area is 425 Å². The molecule has 0 aromatic heterocycles. The molecule has 0 heterocycles. The van der Waals surface area contributed by atoms with Crippen LogP contribution in [0.25, 0.3) is 0 Å². The summed E-state index contributed by atoms with van der Waals surface area (Å²) in [4.78, 5) is 24.6. The zero-order valence-corrected chi connectivity index (χ0v) is 46.1. The van der Waals surface area contributed by atoms with Crippen LogP contribution < -0.4 is 5.32 Å². The van der Waals surface area contributed by atoms with Crippen LogP contribution in [0.5, 0.6) is 0 Å². The predicted octanol–water partition coefficient (Wildman–Crippen LogP) is 19.2. The number of amides is 1. The van der Waals surface area contributed by atoms with Crippen LogP contribution in [0, 0.1) is 0 Å². The van der Waals surface area contributed by atoms with Gasteiger partial charge in [-0.05, 0) is 32.1 Å². The van der Waals surface area contributed by atoms with Crippen LogP contribution in [0.15, 0.2) is 12.2 Å². The summed E-state index contributed by atoms with van der Waals surface area (Å²) in [6.45, 7) is 4.92. The van der Waals surface area contributed by atoms with E-state index in [9.17, 15) is 19.8 Å². The summed E-state index contributed by atoms with van der Waals surface area (Å²) in [7, 11) is 0. The van der Waals surface area contributed by atoms with Crippen LogP contribution >= 0.6 is 0 Å². The number of carbonyl (C=O) groups is 2. The highest BCUT2D eigenvalue weighted by Crippen LogP contribution is 2.18. The summed E-state index contributed by atoms with van der Waals surface area (Å²) in [6, 6.07) is -0.635. The lowest BCUT2D eigenvalue weighted by atomic mass is 10.0.